The predicted octanol–water partition coefficient (Wildman–Crippen LogP) is 6.07. The fourth-order valence-corrected chi connectivity index (χ4v) is 6.32. The number of carbonyl (C=O) groups is 2. The van der Waals surface area contributed by atoms with Crippen molar-refractivity contribution in [2.24, 2.45) is 0 Å². The maximum atomic E-state index is 13.9. The molecule has 0 spiro atoms. The van der Waals surface area contributed by atoms with Gasteiger partial charge in [0.15, 0.2) is 17.8 Å². The lowest BCUT2D eigenvalue weighted by atomic mass is 9.71. The third-order valence-corrected chi connectivity index (χ3v) is 8.14. The molecule has 38 heavy (non-hydrogen) atoms. The Morgan fingerprint density at radius 1 is 1.08 bits per heavy atom. The second-order valence-corrected chi connectivity index (χ2v) is 10.5. The average Bonchev–Trinajstić information content (AvgIpc) is 3.40. The summed E-state index contributed by atoms with van der Waals surface area (Å²) >= 11 is 0. The van der Waals surface area contributed by atoms with Gasteiger partial charge in [-0.3, -0.25) is 4.79 Å². The number of dihydropyridines is 1. The van der Waals surface area contributed by atoms with Crippen LogP contribution in [0.4, 0.5) is 0 Å². The molecule has 0 bridgehead atoms. The first-order valence-corrected chi connectivity index (χ1v) is 13.4. The molecule has 1 saturated carbocycles. The Bertz CT molecular complexity index is 1460. The number of fused-ring (bicyclic) bond motifs is 1. The Hall–Kier alpha value is -3.87. The number of nitrogens with zero attached hydrogens (tertiary/aromatic N) is 1. The summed E-state index contributed by atoms with van der Waals surface area (Å²) in [6.07, 6.45) is 7.39. The highest BCUT2D eigenvalue weighted by atomic mass is 16.5. The highest BCUT2D eigenvalue weighted by Gasteiger charge is 2.42. The van der Waals surface area contributed by atoms with Gasteiger partial charge in [0.25, 0.3) is 0 Å². The molecule has 7 nitrogen and oxygen atoms in total. The van der Waals surface area contributed by atoms with Crippen LogP contribution in [0.5, 0.6) is 5.75 Å². The molecule has 1 fully saturated rings. The summed E-state index contributed by atoms with van der Waals surface area (Å²) in [5.74, 6) is -0.0994. The normalized spacial score (nSPS) is 22.3. The average molecular weight is 513 g/mol. The van der Waals surface area contributed by atoms with Crippen LogP contribution in [0.1, 0.15) is 74.8 Å². The Kier molecular flexibility index (Phi) is 6.52. The minimum atomic E-state index is -0.533. The van der Waals surface area contributed by atoms with Gasteiger partial charge in [-0.25, -0.2) is 9.78 Å². The summed E-state index contributed by atoms with van der Waals surface area (Å²) in [7, 11) is 1.65. The van der Waals surface area contributed by atoms with Crippen LogP contribution in [-0.4, -0.2) is 30.0 Å². The fraction of sp³-hybridized carbons (Fsp3) is 0.387. The Balaban J connectivity index is 1.41. The van der Waals surface area contributed by atoms with Gasteiger partial charge in [0.05, 0.1) is 12.7 Å². The number of rotatable bonds is 5. The van der Waals surface area contributed by atoms with Crippen LogP contribution < -0.4 is 10.1 Å². The molecular formula is C31H32N2O5. The molecule has 3 aromatic rings. The molecule has 2 atom stereocenters. The van der Waals surface area contributed by atoms with Crippen molar-refractivity contribution in [3.63, 3.8) is 0 Å². The zero-order chi connectivity index (χ0) is 26.2. The van der Waals surface area contributed by atoms with E-state index in [-0.39, 0.29) is 23.8 Å². The lowest BCUT2D eigenvalue weighted by molar-refractivity contribution is -0.146. The highest BCUT2D eigenvalue weighted by Crippen LogP contribution is 2.47. The summed E-state index contributed by atoms with van der Waals surface area (Å²) in [6, 6.07) is 13.6. The molecular weight excluding hydrogens is 480 g/mol. The van der Waals surface area contributed by atoms with Crippen molar-refractivity contribution in [3.8, 4) is 5.75 Å². The summed E-state index contributed by atoms with van der Waals surface area (Å²) in [5, 5.41) is 3.45. The molecule has 0 amide bonds. The number of hydrogen-bond donors (Lipinski definition) is 1. The minimum absolute atomic E-state index is 0.0212. The van der Waals surface area contributed by atoms with Crippen LogP contribution in [-0.2, 0) is 14.3 Å². The van der Waals surface area contributed by atoms with E-state index in [4.69, 9.17) is 13.9 Å². The number of ketones is 1. The van der Waals surface area contributed by atoms with Crippen molar-refractivity contribution in [2.75, 3.05) is 7.11 Å². The van der Waals surface area contributed by atoms with Crippen molar-refractivity contribution >= 4 is 22.9 Å². The zero-order valence-electron chi connectivity index (χ0n) is 21.8. The number of oxazole rings is 1. The smallest absolute Gasteiger partial charge is 0.337 e. The second-order valence-electron chi connectivity index (χ2n) is 10.5. The standard InChI is InChI=1S/C31H32N2O5/c1-18-28(31(35)38-21-8-4-3-5-9-21)29(19-12-13-27-23(14-19)32-17-37-27)30-24(33-18)15-20(16-25(30)34)22-10-6-7-11-26(22)36-2/h6-7,10-14,17,20-21,29,33H,3-5,8-9,15-16H2,1-2H3/t20?,29-/m1/s1. The maximum Gasteiger partial charge on any atom is 0.337 e. The first-order valence-electron chi connectivity index (χ1n) is 13.4. The quantitative estimate of drug-likeness (QED) is 0.415. The third-order valence-electron chi connectivity index (χ3n) is 8.14. The molecule has 0 radical (unpaired) electrons. The molecule has 2 heterocycles. The maximum absolute atomic E-state index is 13.9. The first kappa shape index (κ1) is 24.5. The van der Waals surface area contributed by atoms with E-state index in [0.717, 1.165) is 54.0 Å². The lowest BCUT2D eigenvalue weighted by Gasteiger charge is -2.37. The fourth-order valence-electron chi connectivity index (χ4n) is 6.32. The van der Waals surface area contributed by atoms with Crippen LogP contribution in [0.2, 0.25) is 0 Å². The van der Waals surface area contributed by atoms with E-state index in [2.05, 4.69) is 10.3 Å². The van der Waals surface area contributed by atoms with E-state index in [9.17, 15) is 9.59 Å². The van der Waals surface area contributed by atoms with Crippen LogP contribution >= 0.6 is 0 Å². The summed E-state index contributed by atoms with van der Waals surface area (Å²) in [4.78, 5) is 32.0. The highest BCUT2D eigenvalue weighted by molar-refractivity contribution is 6.04. The number of ether oxygens (including phenoxy) is 2. The number of Topliss-reactive ketones (excluding diaryl/α,β-unsaturated/α-hetero) is 1. The van der Waals surface area contributed by atoms with Gasteiger partial charge >= 0.3 is 5.97 Å². The van der Waals surface area contributed by atoms with Crippen molar-refractivity contribution in [3.05, 3.63) is 82.5 Å². The molecule has 1 N–H and O–H groups in total. The van der Waals surface area contributed by atoms with Gasteiger partial charge in [0.2, 0.25) is 0 Å². The van der Waals surface area contributed by atoms with E-state index >= 15 is 0 Å². The van der Waals surface area contributed by atoms with E-state index in [1.165, 1.54) is 12.8 Å². The number of benzene rings is 2. The SMILES string of the molecule is COc1ccccc1C1CC(=O)C2=C(C1)NC(C)=C(C(=O)OC1CCCCC1)[C@H]2c1ccc2ocnc2c1. The molecule has 1 unspecified atom stereocenters. The largest absolute Gasteiger partial charge is 0.496 e. The number of para-hydroxylation sites is 1. The molecule has 2 aromatic carbocycles. The first-order chi connectivity index (χ1) is 18.5. The molecule has 0 saturated heterocycles. The molecule has 1 aromatic heterocycles. The number of carbonyl (C=O) groups excluding carboxylic acids is 2. The monoisotopic (exact) mass is 512 g/mol. The van der Waals surface area contributed by atoms with Crippen LogP contribution in [0.25, 0.3) is 11.1 Å². The van der Waals surface area contributed by atoms with Gasteiger partial charge in [-0.15, -0.1) is 0 Å². The van der Waals surface area contributed by atoms with Gasteiger partial charge in [-0.1, -0.05) is 30.7 Å². The van der Waals surface area contributed by atoms with Gasteiger partial charge in [-0.2, -0.15) is 0 Å². The van der Waals surface area contributed by atoms with Crippen molar-refractivity contribution in [1.29, 1.82) is 0 Å². The van der Waals surface area contributed by atoms with Crippen molar-refractivity contribution < 1.29 is 23.5 Å². The Morgan fingerprint density at radius 3 is 2.71 bits per heavy atom. The third kappa shape index (κ3) is 4.40. The van der Waals surface area contributed by atoms with Gasteiger partial charge in [-0.05, 0) is 68.4 Å². The number of esters is 1. The summed E-state index contributed by atoms with van der Waals surface area (Å²) in [6.45, 7) is 1.90. The van der Waals surface area contributed by atoms with Gasteiger partial charge in [0.1, 0.15) is 17.4 Å². The van der Waals surface area contributed by atoms with Crippen LogP contribution in [0.15, 0.2) is 75.8 Å². The molecule has 6 rings (SSSR count). The number of methoxy groups -OCH3 is 1. The minimum Gasteiger partial charge on any atom is -0.496 e. The molecule has 1 aliphatic heterocycles. The summed E-state index contributed by atoms with van der Waals surface area (Å²) < 4.78 is 17.1. The zero-order valence-corrected chi connectivity index (χ0v) is 21.8. The Morgan fingerprint density at radius 2 is 1.89 bits per heavy atom. The van der Waals surface area contributed by atoms with E-state index in [0.29, 0.717) is 35.1 Å². The molecule has 196 valence electrons. The number of hydrogen-bond acceptors (Lipinski definition) is 7. The molecule has 7 heteroatoms. The molecule has 3 aliphatic rings. The number of allylic oxidation sites excluding steroid dienone is 3. The topological polar surface area (TPSA) is 90.7 Å². The lowest BCUT2D eigenvalue weighted by Crippen LogP contribution is -2.37. The molecule has 2 aliphatic carbocycles. The number of nitrogens with one attached hydrogen (secondary N) is 1. The van der Waals surface area contributed by atoms with E-state index in [1.807, 2.05) is 49.4 Å². The predicted molar refractivity (Wildman–Crippen MR) is 143 cm³/mol. The van der Waals surface area contributed by atoms with Gasteiger partial charge < -0.3 is 19.2 Å². The van der Waals surface area contributed by atoms with E-state index in [1.54, 1.807) is 7.11 Å². The van der Waals surface area contributed by atoms with Crippen LogP contribution in [0, 0.1) is 0 Å². The van der Waals surface area contributed by atoms with Gasteiger partial charge in [0, 0.05) is 35.2 Å². The van der Waals surface area contributed by atoms with Crippen molar-refractivity contribution in [1.82, 2.24) is 10.3 Å². The van der Waals surface area contributed by atoms with E-state index < -0.39 is 5.92 Å². The summed E-state index contributed by atoms with van der Waals surface area (Å²) in [5.41, 5.74) is 5.92. The second kappa shape index (κ2) is 10.1. The Labute approximate surface area is 221 Å². The van der Waals surface area contributed by atoms with Crippen LogP contribution in [0.3, 0.4) is 0 Å². The van der Waals surface area contributed by atoms with Crippen molar-refractivity contribution in [2.45, 2.75) is 69.8 Å². The number of aromatic nitrogens is 1.